The summed E-state index contributed by atoms with van der Waals surface area (Å²) in [6, 6.07) is 16.4. The molecule has 2 heterocycles. The molecular weight excluding hydrogens is 368 g/mol. The van der Waals surface area contributed by atoms with Crippen molar-refractivity contribution in [1.29, 1.82) is 0 Å². The van der Waals surface area contributed by atoms with Crippen LogP contribution in [0.4, 0.5) is 17.2 Å². The third-order valence-corrected chi connectivity index (χ3v) is 5.38. The molecule has 28 heavy (non-hydrogen) atoms. The van der Waals surface area contributed by atoms with Crippen LogP contribution in [0.5, 0.6) is 5.75 Å². The summed E-state index contributed by atoms with van der Waals surface area (Å²) in [7, 11) is 4.07. The van der Waals surface area contributed by atoms with Crippen LogP contribution in [-0.4, -0.2) is 30.7 Å². The highest BCUT2D eigenvalue weighted by Gasteiger charge is 2.13. The second-order valence-corrected chi connectivity index (χ2v) is 7.43. The van der Waals surface area contributed by atoms with Gasteiger partial charge in [-0.3, -0.25) is 0 Å². The van der Waals surface area contributed by atoms with E-state index >= 15 is 0 Å². The minimum absolute atomic E-state index is 0.662. The van der Waals surface area contributed by atoms with Gasteiger partial charge in [-0.05, 0) is 48.9 Å². The van der Waals surface area contributed by atoms with E-state index < -0.39 is 0 Å². The van der Waals surface area contributed by atoms with Crippen molar-refractivity contribution in [3.63, 3.8) is 0 Å². The summed E-state index contributed by atoms with van der Waals surface area (Å²) in [5, 5.41) is 6.62. The Bertz CT molecular complexity index is 1070. The van der Waals surface area contributed by atoms with Crippen molar-refractivity contribution in [2.45, 2.75) is 6.92 Å². The average Bonchev–Trinajstić information content (AvgIpc) is 3.14. The quantitative estimate of drug-likeness (QED) is 0.467. The van der Waals surface area contributed by atoms with E-state index in [0.717, 1.165) is 44.3 Å². The van der Waals surface area contributed by atoms with Crippen molar-refractivity contribution in [3.05, 3.63) is 60.2 Å². The van der Waals surface area contributed by atoms with Crippen molar-refractivity contribution in [2.75, 3.05) is 30.9 Å². The number of hydrogen-bond donors (Lipinski definition) is 1. The number of aromatic nitrogens is 2. The Morgan fingerprint density at radius 3 is 2.43 bits per heavy atom. The number of nitrogens with zero attached hydrogens (tertiary/aromatic N) is 3. The first-order valence-electron chi connectivity index (χ1n) is 9.15. The SMILES string of the molecule is CCOc1ccc(-c2csc3ncnc(Nc4ccc(N(C)C)cc4)c23)cc1. The lowest BCUT2D eigenvalue weighted by Gasteiger charge is -2.13. The molecule has 0 aliphatic rings. The van der Waals surface area contributed by atoms with Crippen LogP contribution in [0.25, 0.3) is 21.3 Å². The molecule has 0 saturated heterocycles. The molecule has 0 bridgehead atoms. The first kappa shape index (κ1) is 18.3. The largest absolute Gasteiger partial charge is 0.494 e. The van der Waals surface area contributed by atoms with E-state index in [-0.39, 0.29) is 0 Å². The van der Waals surface area contributed by atoms with Crippen molar-refractivity contribution in [3.8, 4) is 16.9 Å². The van der Waals surface area contributed by atoms with E-state index in [9.17, 15) is 0 Å². The van der Waals surface area contributed by atoms with Gasteiger partial charge < -0.3 is 15.0 Å². The fraction of sp³-hybridized carbons (Fsp3) is 0.182. The summed E-state index contributed by atoms with van der Waals surface area (Å²) in [5.74, 6) is 1.69. The number of rotatable bonds is 6. The molecule has 142 valence electrons. The topological polar surface area (TPSA) is 50.3 Å². The van der Waals surface area contributed by atoms with Gasteiger partial charge in [0.1, 0.15) is 22.7 Å². The molecule has 0 fully saturated rings. The highest BCUT2D eigenvalue weighted by atomic mass is 32.1. The Hall–Kier alpha value is -3.12. The van der Waals surface area contributed by atoms with Gasteiger partial charge in [0.15, 0.2) is 0 Å². The Morgan fingerprint density at radius 2 is 1.75 bits per heavy atom. The zero-order chi connectivity index (χ0) is 19.5. The second kappa shape index (κ2) is 7.86. The molecule has 0 saturated carbocycles. The summed E-state index contributed by atoms with van der Waals surface area (Å²) >= 11 is 1.63. The molecule has 0 unspecified atom stereocenters. The van der Waals surface area contributed by atoms with Crippen LogP contribution in [-0.2, 0) is 0 Å². The van der Waals surface area contributed by atoms with Crippen LogP contribution in [0.3, 0.4) is 0 Å². The maximum atomic E-state index is 5.56. The van der Waals surface area contributed by atoms with E-state index in [0.29, 0.717) is 6.61 Å². The predicted octanol–water partition coefficient (Wildman–Crippen LogP) is 5.57. The molecule has 0 aliphatic heterocycles. The standard InChI is InChI=1S/C22H22N4OS/c1-4-27-18-11-5-15(6-12-18)19-13-28-22-20(19)21(23-14-24-22)25-16-7-9-17(10-8-16)26(2)3/h5-14H,4H2,1-3H3,(H,23,24,25). The summed E-state index contributed by atoms with van der Waals surface area (Å²) in [6.45, 7) is 2.65. The van der Waals surface area contributed by atoms with Gasteiger partial charge >= 0.3 is 0 Å². The lowest BCUT2D eigenvalue weighted by atomic mass is 10.1. The van der Waals surface area contributed by atoms with Gasteiger partial charge in [0.2, 0.25) is 0 Å². The summed E-state index contributed by atoms with van der Waals surface area (Å²) < 4.78 is 5.56. The third kappa shape index (κ3) is 3.64. The van der Waals surface area contributed by atoms with E-state index in [4.69, 9.17) is 4.74 Å². The van der Waals surface area contributed by atoms with E-state index in [1.807, 2.05) is 33.2 Å². The van der Waals surface area contributed by atoms with Gasteiger partial charge in [-0.15, -0.1) is 11.3 Å². The molecule has 2 aromatic heterocycles. The van der Waals surface area contributed by atoms with Crippen LogP contribution < -0.4 is 15.0 Å². The number of nitrogens with one attached hydrogen (secondary N) is 1. The van der Waals surface area contributed by atoms with Crippen LogP contribution in [0, 0.1) is 0 Å². The molecule has 6 heteroatoms. The van der Waals surface area contributed by atoms with E-state index in [1.165, 1.54) is 0 Å². The molecule has 4 rings (SSSR count). The van der Waals surface area contributed by atoms with Gasteiger partial charge in [-0.2, -0.15) is 0 Å². The fourth-order valence-corrected chi connectivity index (χ4v) is 3.98. The molecular formula is C22H22N4OS. The molecule has 2 aromatic carbocycles. The fourth-order valence-electron chi connectivity index (χ4n) is 3.06. The monoisotopic (exact) mass is 390 g/mol. The molecule has 1 N–H and O–H groups in total. The number of anilines is 3. The molecule has 5 nitrogen and oxygen atoms in total. The maximum Gasteiger partial charge on any atom is 0.143 e. The lowest BCUT2D eigenvalue weighted by molar-refractivity contribution is 0.340. The molecule has 0 spiro atoms. The van der Waals surface area contributed by atoms with Crippen molar-refractivity contribution >= 4 is 38.7 Å². The van der Waals surface area contributed by atoms with Gasteiger partial charge in [-0.25, -0.2) is 9.97 Å². The predicted molar refractivity (Wildman–Crippen MR) is 118 cm³/mol. The lowest BCUT2D eigenvalue weighted by Crippen LogP contribution is -2.08. The minimum Gasteiger partial charge on any atom is -0.494 e. The second-order valence-electron chi connectivity index (χ2n) is 6.58. The van der Waals surface area contributed by atoms with Gasteiger partial charge in [-0.1, -0.05) is 12.1 Å². The first-order chi connectivity index (χ1) is 13.7. The number of benzene rings is 2. The van der Waals surface area contributed by atoms with Crippen LogP contribution in [0.2, 0.25) is 0 Å². The van der Waals surface area contributed by atoms with Crippen LogP contribution in [0.15, 0.2) is 60.2 Å². The highest BCUT2D eigenvalue weighted by molar-refractivity contribution is 7.17. The molecule has 0 aliphatic carbocycles. The Labute approximate surface area is 168 Å². The smallest absolute Gasteiger partial charge is 0.143 e. The van der Waals surface area contributed by atoms with Crippen LogP contribution >= 0.6 is 11.3 Å². The van der Waals surface area contributed by atoms with Gasteiger partial charge in [0, 0.05) is 36.4 Å². The Balaban J connectivity index is 1.70. The number of fused-ring (bicyclic) bond motifs is 1. The number of ether oxygens (including phenoxy) is 1. The minimum atomic E-state index is 0.662. The third-order valence-electron chi connectivity index (χ3n) is 4.49. The Kier molecular flexibility index (Phi) is 5.12. The molecule has 0 atom stereocenters. The first-order valence-corrected chi connectivity index (χ1v) is 10.0. The summed E-state index contributed by atoms with van der Waals surface area (Å²) in [6.07, 6.45) is 1.61. The summed E-state index contributed by atoms with van der Waals surface area (Å²) in [4.78, 5) is 12.0. The van der Waals surface area contributed by atoms with Gasteiger partial charge in [0.25, 0.3) is 0 Å². The van der Waals surface area contributed by atoms with Crippen molar-refractivity contribution in [2.24, 2.45) is 0 Å². The zero-order valence-corrected chi connectivity index (χ0v) is 17.0. The summed E-state index contributed by atoms with van der Waals surface area (Å²) in [5.41, 5.74) is 4.39. The van der Waals surface area contributed by atoms with E-state index in [1.54, 1.807) is 17.7 Å². The van der Waals surface area contributed by atoms with E-state index in [2.05, 4.69) is 62.0 Å². The molecule has 0 radical (unpaired) electrons. The Morgan fingerprint density at radius 1 is 1.00 bits per heavy atom. The maximum absolute atomic E-state index is 5.56. The average molecular weight is 391 g/mol. The zero-order valence-electron chi connectivity index (χ0n) is 16.1. The van der Waals surface area contributed by atoms with Crippen LogP contribution in [0.1, 0.15) is 6.92 Å². The number of hydrogen-bond acceptors (Lipinski definition) is 6. The highest BCUT2D eigenvalue weighted by Crippen LogP contribution is 2.38. The number of thiophene rings is 1. The molecule has 4 aromatic rings. The van der Waals surface area contributed by atoms with Crippen molar-refractivity contribution < 1.29 is 4.74 Å². The van der Waals surface area contributed by atoms with Crippen molar-refractivity contribution in [1.82, 2.24) is 9.97 Å². The van der Waals surface area contributed by atoms with Gasteiger partial charge in [0.05, 0.1) is 12.0 Å². The molecule has 0 amide bonds. The normalized spacial score (nSPS) is 10.8.